The third-order valence-corrected chi connectivity index (χ3v) is 8.20. The van der Waals surface area contributed by atoms with Crippen LogP contribution in [0.25, 0.3) is 0 Å². The topological polar surface area (TPSA) is 55.0 Å². The zero-order valence-electron chi connectivity index (χ0n) is 16.1. The average molecular weight is 467 g/mol. The number of hydrogen-bond donors (Lipinski definition) is 1. The molecule has 0 amide bonds. The molecule has 2 N–H and O–H groups in total. The van der Waals surface area contributed by atoms with Crippen molar-refractivity contribution in [2.75, 3.05) is 18.0 Å². The fourth-order valence-electron chi connectivity index (χ4n) is 4.39. The van der Waals surface area contributed by atoms with E-state index in [0.29, 0.717) is 23.0 Å². The highest BCUT2D eigenvalue weighted by Gasteiger charge is 2.65. The van der Waals surface area contributed by atoms with Crippen molar-refractivity contribution in [2.24, 2.45) is 11.1 Å². The summed E-state index contributed by atoms with van der Waals surface area (Å²) in [7, 11) is -9.71. The Kier molecular flexibility index (Phi) is 4.83. The van der Waals surface area contributed by atoms with E-state index in [2.05, 4.69) is 14.9 Å². The molecule has 2 heterocycles. The Morgan fingerprint density at radius 3 is 2.33 bits per heavy atom. The van der Waals surface area contributed by atoms with Crippen molar-refractivity contribution in [3.05, 3.63) is 36.7 Å². The van der Waals surface area contributed by atoms with Gasteiger partial charge in [0.05, 0.1) is 12.4 Å². The van der Waals surface area contributed by atoms with E-state index in [4.69, 9.17) is 5.73 Å². The zero-order valence-corrected chi connectivity index (χ0v) is 17.7. The van der Waals surface area contributed by atoms with Crippen molar-refractivity contribution < 1.29 is 19.4 Å². The Labute approximate surface area is 176 Å². The average Bonchev–Trinajstić information content (AvgIpc) is 3.02. The largest absolute Gasteiger partial charge is 0.355 e. The lowest BCUT2D eigenvalue weighted by atomic mass is 9.74. The van der Waals surface area contributed by atoms with Gasteiger partial charge in [0.1, 0.15) is 15.7 Å². The molecule has 4 rings (SSSR count). The van der Waals surface area contributed by atoms with Crippen LogP contribution in [0.5, 0.6) is 0 Å². The monoisotopic (exact) mass is 466 g/mol. The molecule has 1 saturated carbocycles. The summed E-state index contributed by atoms with van der Waals surface area (Å²) >= 11 is 0.863. The van der Waals surface area contributed by atoms with Gasteiger partial charge in [0.15, 0.2) is 0 Å². The third kappa shape index (κ3) is 4.52. The van der Waals surface area contributed by atoms with E-state index < -0.39 is 15.1 Å². The quantitative estimate of drug-likeness (QED) is 0.530. The van der Waals surface area contributed by atoms with Gasteiger partial charge in [-0.3, -0.25) is 0 Å². The lowest BCUT2D eigenvalue weighted by Crippen LogP contribution is -2.47. The molecular weight excluding hydrogens is 443 g/mol. The molecule has 4 nitrogen and oxygen atoms in total. The summed E-state index contributed by atoms with van der Waals surface area (Å²) in [5.74, 6) is 0.696. The van der Waals surface area contributed by atoms with Crippen LogP contribution in [0.3, 0.4) is 0 Å². The predicted octanol–water partition coefficient (Wildman–Crippen LogP) is 6.38. The van der Waals surface area contributed by atoms with E-state index in [0.717, 1.165) is 50.2 Å². The number of anilines is 1. The molecule has 2 aliphatic rings. The van der Waals surface area contributed by atoms with Crippen molar-refractivity contribution in [2.45, 2.75) is 53.0 Å². The summed E-state index contributed by atoms with van der Waals surface area (Å²) < 4.78 is 65.0. The van der Waals surface area contributed by atoms with E-state index in [1.54, 1.807) is 6.20 Å². The van der Waals surface area contributed by atoms with Gasteiger partial charge in [-0.15, -0.1) is 0 Å². The molecule has 0 bridgehead atoms. The molecule has 2 aromatic rings. The standard InChI is InChI=1S/C19H23F5N4S2/c20-30(21,22,23,24)15-4-1-3-14(11-15)29-18-13-26-17(12-27-18)28-9-7-19(8-10-28)6-2-5-16(19)25/h1,3-4,11-13,16H,2,5-10,25H2/t16-/m1/s1. The second-order valence-corrected chi connectivity index (χ2v) is 11.6. The van der Waals surface area contributed by atoms with Gasteiger partial charge >= 0.3 is 10.2 Å². The maximum absolute atomic E-state index is 13.0. The molecule has 0 unspecified atom stereocenters. The minimum absolute atomic E-state index is 0.0259. The number of halogens is 5. The van der Waals surface area contributed by atoms with Crippen LogP contribution < -0.4 is 10.6 Å². The lowest BCUT2D eigenvalue weighted by molar-refractivity contribution is 0.197. The molecule has 1 saturated heterocycles. The molecule has 11 heteroatoms. The highest BCUT2D eigenvalue weighted by atomic mass is 32.5. The van der Waals surface area contributed by atoms with Crippen molar-refractivity contribution in [1.29, 1.82) is 0 Å². The van der Waals surface area contributed by atoms with Crippen LogP contribution in [-0.4, -0.2) is 29.1 Å². The first-order chi connectivity index (χ1) is 13.8. The molecule has 166 valence electrons. The van der Waals surface area contributed by atoms with Gasteiger partial charge in [-0.1, -0.05) is 43.7 Å². The molecule has 1 aromatic carbocycles. The first kappa shape index (κ1) is 21.6. The second kappa shape index (κ2) is 6.70. The Balaban J connectivity index is 1.43. The Bertz CT molecular complexity index is 929. The summed E-state index contributed by atoms with van der Waals surface area (Å²) in [4.78, 5) is 8.89. The molecule has 30 heavy (non-hydrogen) atoms. The van der Waals surface area contributed by atoms with Gasteiger partial charge < -0.3 is 10.6 Å². The van der Waals surface area contributed by atoms with Gasteiger partial charge in [0, 0.05) is 24.0 Å². The summed E-state index contributed by atoms with van der Waals surface area (Å²) in [6.07, 6.45) is 8.47. The number of hydrogen-bond acceptors (Lipinski definition) is 5. The zero-order chi connectivity index (χ0) is 21.7. The summed E-state index contributed by atoms with van der Waals surface area (Å²) in [6, 6.07) is 3.40. The van der Waals surface area contributed by atoms with Crippen LogP contribution in [0.4, 0.5) is 25.2 Å². The summed E-state index contributed by atoms with van der Waals surface area (Å²) in [5, 5.41) is 0.337. The van der Waals surface area contributed by atoms with Crippen molar-refractivity contribution in [3.8, 4) is 0 Å². The number of rotatable bonds is 4. The van der Waals surface area contributed by atoms with Gasteiger partial charge in [-0.05, 0) is 49.3 Å². The summed E-state index contributed by atoms with van der Waals surface area (Å²) in [5.41, 5.74) is 6.54. The molecule has 1 aliphatic carbocycles. The van der Waals surface area contributed by atoms with Crippen LogP contribution in [0.2, 0.25) is 0 Å². The van der Waals surface area contributed by atoms with E-state index in [-0.39, 0.29) is 16.4 Å². The first-order valence-electron chi connectivity index (χ1n) is 9.69. The van der Waals surface area contributed by atoms with Gasteiger partial charge in [0.2, 0.25) is 0 Å². The van der Waals surface area contributed by atoms with Crippen LogP contribution >= 0.6 is 22.0 Å². The number of nitrogens with zero attached hydrogens (tertiary/aromatic N) is 3. The van der Waals surface area contributed by atoms with Gasteiger partial charge in [-0.25, -0.2) is 9.97 Å². The van der Waals surface area contributed by atoms with Crippen LogP contribution in [0.15, 0.2) is 51.5 Å². The molecule has 1 aliphatic heterocycles. The Morgan fingerprint density at radius 2 is 1.77 bits per heavy atom. The van der Waals surface area contributed by atoms with Crippen LogP contribution in [0.1, 0.15) is 32.1 Å². The Morgan fingerprint density at radius 1 is 1.03 bits per heavy atom. The van der Waals surface area contributed by atoms with E-state index in [1.165, 1.54) is 25.1 Å². The van der Waals surface area contributed by atoms with Crippen molar-refractivity contribution in [1.82, 2.24) is 9.97 Å². The highest BCUT2D eigenvalue weighted by Crippen LogP contribution is 3.02. The fourth-order valence-corrected chi connectivity index (χ4v) is 5.94. The van der Waals surface area contributed by atoms with E-state index in [9.17, 15) is 19.4 Å². The molecule has 1 spiro atoms. The summed E-state index contributed by atoms with van der Waals surface area (Å²) in [6.45, 7) is 1.67. The van der Waals surface area contributed by atoms with Crippen molar-refractivity contribution >= 4 is 27.8 Å². The predicted molar refractivity (Wildman–Crippen MR) is 110 cm³/mol. The van der Waals surface area contributed by atoms with E-state index >= 15 is 0 Å². The second-order valence-electron chi connectivity index (χ2n) is 8.11. The van der Waals surface area contributed by atoms with Crippen LogP contribution in [0, 0.1) is 5.41 Å². The normalized spacial score (nSPS) is 23.9. The van der Waals surface area contributed by atoms with E-state index in [1.807, 2.05) is 0 Å². The molecular formula is C19H23F5N4S2. The lowest BCUT2D eigenvalue weighted by Gasteiger charge is -2.42. The number of piperidine rings is 1. The SMILES string of the molecule is N[C@@H]1CCCC12CCN(c1cnc(Sc3cccc(S(F)(F)(F)(F)F)c3)cn1)CC2. The van der Waals surface area contributed by atoms with Gasteiger partial charge in [0.25, 0.3) is 0 Å². The highest BCUT2D eigenvalue weighted by molar-refractivity contribution is 8.45. The molecule has 1 aromatic heterocycles. The minimum atomic E-state index is -9.71. The molecule has 1 atom stereocenters. The fraction of sp³-hybridized carbons (Fsp3) is 0.474. The number of nitrogens with two attached hydrogens (primary N) is 1. The number of aromatic nitrogens is 2. The minimum Gasteiger partial charge on any atom is -0.355 e. The number of benzene rings is 1. The van der Waals surface area contributed by atoms with Crippen LogP contribution in [-0.2, 0) is 0 Å². The third-order valence-electron chi connectivity index (χ3n) is 6.15. The maximum Gasteiger partial charge on any atom is 0.310 e. The van der Waals surface area contributed by atoms with Gasteiger partial charge in [-0.2, -0.15) is 0 Å². The Hall–Kier alpha value is -1.59. The van der Waals surface area contributed by atoms with Crippen molar-refractivity contribution in [3.63, 3.8) is 0 Å². The first-order valence-corrected chi connectivity index (χ1v) is 12.5. The molecule has 0 radical (unpaired) electrons. The maximum atomic E-state index is 13.0. The molecule has 2 fully saturated rings. The smallest absolute Gasteiger partial charge is 0.310 e.